The van der Waals surface area contributed by atoms with Crippen LogP contribution in [-0.2, 0) is 4.79 Å². The lowest BCUT2D eigenvalue weighted by molar-refractivity contribution is -0.191. The van der Waals surface area contributed by atoms with Gasteiger partial charge < -0.3 is 0 Å². The Labute approximate surface area is 110 Å². The quantitative estimate of drug-likeness (QED) is 0.908. The number of carbonyl (C=O) groups is 1. The minimum absolute atomic E-state index is 0.0460. The largest absolute Gasteiger partial charge is 0.409 e. The van der Waals surface area contributed by atoms with E-state index in [0.717, 1.165) is 5.01 Å². The average Bonchev–Trinajstić information content (AvgIpc) is 2.66. The second-order valence-corrected chi connectivity index (χ2v) is 4.80. The molecule has 1 aromatic carbocycles. The van der Waals surface area contributed by atoms with Gasteiger partial charge in [0.1, 0.15) is 0 Å². The number of nitrogens with one attached hydrogen (secondary N) is 1. The molecule has 18 heavy (non-hydrogen) atoms. The molecular weight excluding hydrogens is 313 g/mol. The van der Waals surface area contributed by atoms with Crippen molar-refractivity contribution in [3.05, 3.63) is 34.3 Å². The fourth-order valence-electron chi connectivity index (χ4n) is 1.91. The van der Waals surface area contributed by atoms with E-state index in [4.69, 9.17) is 0 Å². The van der Waals surface area contributed by atoms with Gasteiger partial charge in [0, 0.05) is 17.4 Å². The highest BCUT2D eigenvalue weighted by Gasteiger charge is 2.47. The van der Waals surface area contributed by atoms with E-state index in [2.05, 4.69) is 21.4 Å². The van der Waals surface area contributed by atoms with Crippen LogP contribution in [0.3, 0.4) is 0 Å². The van der Waals surface area contributed by atoms with Crippen molar-refractivity contribution in [1.29, 1.82) is 0 Å². The fraction of sp³-hybridized carbons (Fsp3) is 0.364. The first kappa shape index (κ1) is 13.4. The zero-order valence-electron chi connectivity index (χ0n) is 9.17. The molecule has 1 fully saturated rings. The predicted octanol–water partition coefficient (Wildman–Crippen LogP) is 2.79. The van der Waals surface area contributed by atoms with E-state index in [0.29, 0.717) is 4.47 Å². The molecule has 1 aliphatic rings. The van der Waals surface area contributed by atoms with E-state index >= 15 is 0 Å². The number of carbonyl (C=O) groups excluding carboxylic acids is 1. The van der Waals surface area contributed by atoms with Gasteiger partial charge in [-0.15, -0.1) is 0 Å². The van der Waals surface area contributed by atoms with E-state index < -0.39 is 18.1 Å². The normalized spacial score (nSPS) is 18.8. The van der Waals surface area contributed by atoms with Gasteiger partial charge in [-0.1, -0.05) is 34.1 Å². The molecular formula is C11H10BrF3N2O. The van der Waals surface area contributed by atoms with Crippen molar-refractivity contribution in [2.45, 2.75) is 18.6 Å². The smallest absolute Gasteiger partial charge is 0.288 e. The van der Waals surface area contributed by atoms with Crippen LogP contribution >= 0.6 is 15.9 Å². The van der Waals surface area contributed by atoms with Crippen molar-refractivity contribution in [3.8, 4) is 0 Å². The van der Waals surface area contributed by atoms with Crippen LogP contribution in [0.2, 0.25) is 0 Å². The number of amides is 1. The van der Waals surface area contributed by atoms with Crippen LogP contribution in [-0.4, -0.2) is 23.6 Å². The van der Waals surface area contributed by atoms with Crippen molar-refractivity contribution in [2.24, 2.45) is 0 Å². The third-order valence-corrected chi connectivity index (χ3v) is 3.39. The van der Waals surface area contributed by atoms with Gasteiger partial charge in [0.2, 0.25) is 5.91 Å². The van der Waals surface area contributed by atoms with E-state index in [1.54, 1.807) is 12.1 Å². The summed E-state index contributed by atoms with van der Waals surface area (Å²) in [6.07, 6.45) is -4.38. The van der Waals surface area contributed by atoms with Crippen LogP contribution in [0.5, 0.6) is 0 Å². The van der Waals surface area contributed by atoms with Crippen molar-refractivity contribution >= 4 is 21.8 Å². The van der Waals surface area contributed by atoms with Gasteiger partial charge in [-0.3, -0.25) is 10.2 Å². The monoisotopic (exact) mass is 322 g/mol. The van der Waals surface area contributed by atoms with Crippen LogP contribution in [0, 0.1) is 0 Å². The number of nitrogens with zero attached hydrogens (tertiary/aromatic N) is 1. The highest BCUT2D eigenvalue weighted by atomic mass is 79.9. The molecule has 0 bridgehead atoms. The van der Waals surface area contributed by atoms with Gasteiger partial charge in [0.05, 0.1) is 0 Å². The van der Waals surface area contributed by atoms with Gasteiger partial charge in [-0.2, -0.15) is 13.2 Å². The minimum Gasteiger partial charge on any atom is -0.288 e. The second kappa shape index (κ2) is 4.89. The van der Waals surface area contributed by atoms with Crippen LogP contribution in [0.25, 0.3) is 0 Å². The Bertz CT molecular complexity index is 464. The highest BCUT2D eigenvalue weighted by molar-refractivity contribution is 9.10. The van der Waals surface area contributed by atoms with Crippen molar-refractivity contribution in [2.75, 3.05) is 6.54 Å². The molecule has 0 aliphatic carbocycles. The first-order valence-electron chi connectivity index (χ1n) is 5.27. The fourth-order valence-corrected chi connectivity index (χ4v) is 2.41. The molecule has 98 valence electrons. The topological polar surface area (TPSA) is 32.3 Å². The summed E-state index contributed by atoms with van der Waals surface area (Å²) in [6, 6.07) is 4.29. The van der Waals surface area contributed by atoms with Gasteiger partial charge in [0.25, 0.3) is 0 Å². The first-order valence-corrected chi connectivity index (χ1v) is 6.06. The third kappa shape index (κ3) is 2.67. The van der Waals surface area contributed by atoms with E-state index in [1.807, 2.05) is 0 Å². The summed E-state index contributed by atoms with van der Waals surface area (Å²) in [6.45, 7) is 0.0460. The summed E-state index contributed by atoms with van der Waals surface area (Å²) in [5, 5.41) is 0.933. The number of hydrazine groups is 1. The van der Waals surface area contributed by atoms with Crippen molar-refractivity contribution in [3.63, 3.8) is 0 Å². The molecule has 2 rings (SSSR count). The Morgan fingerprint density at radius 2 is 2.00 bits per heavy atom. The molecule has 0 spiro atoms. The van der Waals surface area contributed by atoms with Gasteiger partial charge in [-0.25, -0.2) is 5.01 Å². The maximum absolute atomic E-state index is 13.2. The second-order valence-electron chi connectivity index (χ2n) is 3.94. The maximum atomic E-state index is 13.2. The van der Waals surface area contributed by atoms with Gasteiger partial charge in [0.15, 0.2) is 6.04 Å². The molecule has 7 heteroatoms. The number of hydrogen-bond donors (Lipinski definition) is 1. The van der Waals surface area contributed by atoms with Crippen LogP contribution in [0.4, 0.5) is 13.2 Å². The molecule has 0 radical (unpaired) electrons. The lowest BCUT2D eigenvalue weighted by atomic mass is 10.1. The van der Waals surface area contributed by atoms with Crippen molar-refractivity contribution in [1.82, 2.24) is 10.4 Å². The van der Waals surface area contributed by atoms with Crippen molar-refractivity contribution < 1.29 is 18.0 Å². The zero-order chi connectivity index (χ0) is 13.3. The number of rotatable bonds is 2. The van der Waals surface area contributed by atoms with E-state index in [-0.39, 0.29) is 18.5 Å². The van der Waals surface area contributed by atoms with Crippen LogP contribution in [0.1, 0.15) is 18.0 Å². The number of benzene rings is 1. The lowest BCUT2D eigenvalue weighted by Gasteiger charge is -2.29. The molecule has 3 nitrogen and oxygen atoms in total. The Kier molecular flexibility index (Phi) is 3.63. The summed E-state index contributed by atoms with van der Waals surface area (Å²) in [5.41, 5.74) is 2.33. The molecule has 1 heterocycles. The van der Waals surface area contributed by atoms with E-state index in [9.17, 15) is 18.0 Å². The molecule has 1 aliphatic heterocycles. The standard InChI is InChI=1S/C11H10BrF3N2O/c12-8-4-2-1-3-7(8)10(11(13,14)15)17-6-5-9(18)16-17/h1-4,10H,5-6H2,(H,16,18)/t10-/m0/s1. The van der Waals surface area contributed by atoms with Crippen LogP contribution in [0.15, 0.2) is 28.7 Å². The Morgan fingerprint density at radius 1 is 1.33 bits per heavy atom. The lowest BCUT2D eigenvalue weighted by Crippen LogP contribution is -2.43. The average molecular weight is 323 g/mol. The van der Waals surface area contributed by atoms with Gasteiger partial charge >= 0.3 is 6.18 Å². The minimum atomic E-state index is -4.46. The molecule has 1 atom stereocenters. The molecule has 0 unspecified atom stereocenters. The maximum Gasteiger partial charge on any atom is 0.409 e. The number of hydrogen-bond acceptors (Lipinski definition) is 2. The summed E-state index contributed by atoms with van der Waals surface area (Å²) in [7, 11) is 0. The molecule has 1 aromatic rings. The summed E-state index contributed by atoms with van der Waals surface area (Å²) in [4.78, 5) is 11.1. The summed E-state index contributed by atoms with van der Waals surface area (Å²) >= 11 is 3.11. The predicted molar refractivity (Wildman–Crippen MR) is 62.4 cm³/mol. The number of halogens is 4. The molecule has 0 saturated carbocycles. The zero-order valence-corrected chi connectivity index (χ0v) is 10.8. The molecule has 1 saturated heterocycles. The number of alkyl halides is 3. The highest BCUT2D eigenvalue weighted by Crippen LogP contribution is 2.40. The molecule has 1 amide bonds. The van der Waals surface area contributed by atoms with Gasteiger partial charge in [-0.05, 0) is 11.6 Å². The Hall–Kier alpha value is -1.08. The van der Waals surface area contributed by atoms with Crippen LogP contribution < -0.4 is 5.43 Å². The molecule has 1 N–H and O–H groups in total. The Morgan fingerprint density at radius 3 is 2.50 bits per heavy atom. The van der Waals surface area contributed by atoms with E-state index in [1.165, 1.54) is 12.1 Å². The molecule has 0 aromatic heterocycles. The summed E-state index contributed by atoms with van der Waals surface area (Å²) < 4.78 is 39.8. The SMILES string of the molecule is O=C1CCN([C@@H](c2ccccc2Br)C(F)(F)F)N1. The first-order chi connectivity index (χ1) is 8.39. The Balaban J connectivity index is 2.38. The summed E-state index contributed by atoms with van der Waals surface area (Å²) in [5.74, 6) is -0.392. The third-order valence-electron chi connectivity index (χ3n) is 2.67.